The zero-order valence-corrected chi connectivity index (χ0v) is 5.09. The van der Waals surface area contributed by atoms with Crippen LogP contribution in [0.3, 0.4) is 0 Å². The normalized spacial score (nSPS) is 13.9. The predicted molar refractivity (Wildman–Crippen MR) is 30.7 cm³/mol. The SMILES string of the molecule is C[C@H](CCO)CNO. The van der Waals surface area contributed by atoms with Gasteiger partial charge in [-0.05, 0) is 12.3 Å². The van der Waals surface area contributed by atoms with Crippen molar-refractivity contribution in [3.8, 4) is 0 Å². The van der Waals surface area contributed by atoms with Crippen molar-refractivity contribution in [3.05, 3.63) is 0 Å². The van der Waals surface area contributed by atoms with E-state index in [2.05, 4.69) is 0 Å². The summed E-state index contributed by atoms with van der Waals surface area (Å²) < 4.78 is 0. The molecule has 0 aromatic heterocycles. The second-order valence-electron chi connectivity index (χ2n) is 1.98. The molecule has 0 heterocycles. The number of hydrogen-bond acceptors (Lipinski definition) is 3. The molecule has 0 radical (unpaired) electrons. The summed E-state index contributed by atoms with van der Waals surface area (Å²) in [7, 11) is 0. The van der Waals surface area contributed by atoms with Crippen LogP contribution in [0.2, 0.25) is 0 Å². The highest BCUT2D eigenvalue weighted by atomic mass is 16.5. The molecule has 0 saturated heterocycles. The fourth-order valence-electron chi connectivity index (χ4n) is 0.478. The van der Waals surface area contributed by atoms with E-state index >= 15 is 0 Å². The van der Waals surface area contributed by atoms with Gasteiger partial charge >= 0.3 is 0 Å². The minimum atomic E-state index is 0.197. The van der Waals surface area contributed by atoms with Crippen molar-refractivity contribution < 1.29 is 10.3 Å². The minimum absolute atomic E-state index is 0.197. The Morgan fingerprint density at radius 1 is 1.62 bits per heavy atom. The summed E-state index contributed by atoms with van der Waals surface area (Å²) in [6, 6.07) is 0. The number of aliphatic hydroxyl groups is 1. The van der Waals surface area contributed by atoms with Gasteiger partial charge in [-0.15, -0.1) is 0 Å². The molecule has 0 saturated carbocycles. The van der Waals surface area contributed by atoms with E-state index in [1.165, 1.54) is 0 Å². The number of hydrogen-bond donors (Lipinski definition) is 3. The molecular weight excluding hydrogens is 106 g/mol. The maximum absolute atomic E-state index is 8.35. The smallest absolute Gasteiger partial charge is 0.0434 e. The Hall–Kier alpha value is -0.120. The molecule has 0 aliphatic carbocycles. The first-order valence-corrected chi connectivity index (χ1v) is 2.79. The Morgan fingerprint density at radius 2 is 2.25 bits per heavy atom. The van der Waals surface area contributed by atoms with Crippen LogP contribution in [0, 0.1) is 5.92 Å². The zero-order chi connectivity index (χ0) is 6.41. The lowest BCUT2D eigenvalue weighted by atomic mass is 10.1. The van der Waals surface area contributed by atoms with Crippen LogP contribution >= 0.6 is 0 Å². The number of hydroxylamine groups is 1. The lowest BCUT2D eigenvalue weighted by Gasteiger charge is -2.05. The van der Waals surface area contributed by atoms with Crippen molar-refractivity contribution in [2.24, 2.45) is 5.92 Å². The first-order valence-electron chi connectivity index (χ1n) is 2.79. The van der Waals surface area contributed by atoms with Crippen molar-refractivity contribution >= 4 is 0 Å². The van der Waals surface area contributed by atoms with Gasteiger partial charge in [-0.2, -0.15) is 0 Å². The monoisotopic (exact) mass is 119 g/mol. The topological polar surface area (TPSA) is 52.5 Å². The van der Waals surface area contributed by atoms with E-state index in [-0.39, 0.29) is 6.61 Å². The van der Waals surface area contributed by atoms with Crippen molar-refractivity contribution in [3.63, 3.8) is 0 Å². The Morgan fingerprint density at radius 3 is 2.62 bits per heavy atom. The number of rotatable bonds is 4. The second kappa shape index (κ2) is 5.03. The fourth-order valence-corrected chi connectivity index (χ4v) is 0.478. The molecule has 0 fully saturated rings. The zero-order valence-electron chi connectivity index (χ0n) is 5.09. The highest BCUT2D eigenvalue weighted by molar-refractivity contribution is 4.50. The predicted octanol–water partition coefficient (Wildman–Crippen LogP) is -0.0163. The summed E-state index contributed by atoms with van der Waals surface area (Å²) in [6.07, 6.45) is 0.744. The second-order valence-corrected chi connectivity index (χ2v) is 1.98. The fraction of sp³-hybridized carbons (Fsp3) is 1.00. The highest BCUT2D eigenvalue weighted by Crippen LogP contribution is 1.96. The van der Waals surface area contributed by atoms with Gasteiger partial charge in [0, 0.05) is 13.2 Å². The molecule has 0 amide bonds. The molecule has 0 aliphatic heterocycles. The molecule has 50 valence electrons. The molecule has 0 aromatic rings. The Labute approximate surface area is 49.3 Å². The molecule has 3 heteroatoms. The van der Waals surface area contributed by atoms with Crippen molar-refractivity contribution in [1.29, 1.82) is 0 Å². The quantitative estimate of drug-likeness (QED) is 0.456. The molecule has 8 heavy (non-hydrogen) atoms. The number of nitrogens with one attached hydrogen (secondary N) is 1. The minimum Gasteiger partial charge on any atom is -0.396 e. The van der Waals surface area contributed by atoms with Crippen LogP contribution in [0.4, 0.5) is 0 Å². The van der Waals surface area contributed by atoms with Gasteiger partial charge in [0.05, 0.1) is 0 Å². The van der Waals surface area contributed by atoms with Crippen molar-refractivity contribution in [2.75, 3.05) is 13.2 Å². The van der Waals surface area contributed by atoms with E-state index in [4.69, 9.17) is 10.3 Å². The van der Waals surface area contributed by atoms with Crippen LogP contribution in [0.15, 0.2) is 0 Å². The van der Waals surface area contributed by atoms with Crippen molar-refractivity contribution in [1.82, 2.24) is 5.48 Å². The Kier molecular flexibility index (Phi) is 4.95. The Bertz CT molecular complexity index is 43.7. The lowest BCUT2D eigenvalue weighted by molar-refractivity contribution is 0.143. The lowest BCUT2D eigenvalue weighted by Crippen LogP contribution is -2.17. The van der Waals surface area contributed by atoms with Gasteiger partial charge in [0.2, 0.25) is 0 Å². The third-order valence-electron chi connectivity index (χ3n) is 1.06. The van der Waals surface area contributed by atoms with Crippen LogP contribution in [0.5, 0.6) is 0 Å². The maximum Gasteiger partial charge on any atom is 0.0434 e. The summed E-state index contributed by atoms with van der Waals surface area (Å²) >= 11 is 0. The molecule has 3 N–H and O–H groups in total. The van der Waals surface area contributed by atoms with Crippen LogP contribution < -0.4 is 5.48 Å². The van der Waals surface area contributed by atoms with Gasteiger partial charge < -0.3 is 10.3 Å². The average Bonchev–Trinajstić information content (AvgIpc) is 1.68. The summed E-state index contributed by atoms with van der Waals surface area (Å²) in [4.78, 5) is 0. The summed E-state index contributed by atoms with van der Waals surface area (Å²) in [5.41, 5.74) is 2.04. The third kappa shape index (κ3) is 4.05. The van der Waals surface area contributed by atoms with Gasteiger partial charge in [0.1, 0.15) is 0 Å². The van der Waals surface area contributed by atoms with Gasteiger partial charge in [-0.25, -0.2) is 5.48 Å². The third-order valence-corrected chi connectivity index (χ3v) is 1.06. The van der Waals surface area contributed by atoms with Crippen LogP contribution in [0.25, 0.3) is 0 Å². The summed E-state index contributed by atoms with van der Waals surface area (Å²) in [5, 5.41) is 16.5. The molecule has 1 atom stereocenters. The average molecular weight is 119 g/mol. The largest absolute Gasteiger partial charge is 0.396 e. The standard InChI is InChI=1S/C5H13NO2/c1-5(2-3-7)4-6-8/h5-8H,2-4H2,1H3/t5-/m1/s1. The van der Waals surface area contributed by atoms with E-state index in [0.29, 0.717) is 12.5 Å². The van der Waals surface area contributed by atoms with Gasteiger partial charge in [0.25, 0.3) is 0 Å². The van der Waals surface area contributed by atoms with Crippen molar-refractivity contribution in [2.45, 2.75) is 13.3 Å². The van der Waals surface area contributed by atoms with E-state index < -0.39 is 0 Å². The summed E-state index contributed by atoms with van der Waals surface area (Å²) in [6.45, 7) is 2.71. The Balaban J connectivity index is 2.92. The molecule has 3 nitrogen and oxygen atoms in total. The molecule has 0 spiro atoms. The van der Waals surface area contributed by atoms with Crippen LogP contribution in [-0.2, 0) is 0 Å². The van der Waals surface area contributed by atoms with E-state index in [0.717, 1.165) is 6.42 Å². The highest BCUT2D eigenvalue weighted by Gasteiger charge is 1.96. The molecule has 0 unspecified atom stereocenters. The van der Waals surface area contributed by atoms with E-state index in [1.807, 2.05) is 12.4 Å². The van der Waals surface area contributed by atoms with Gasteiger partial charge in [-0.1, -0.05) is 6.92 Å². The molecule has 0 bridgehead atoms. The molecule has 0 aromatic carbocycles. The van der Waals surface area contributed by atoms with Crippen LogP contribution in [0.1, 0.15) is 13.3 Å². The summed E-state index contributed by atoms with van der Waals surface area (Å²) in [5.74, 6) is 0.352. The van der Waals surface area contributed by atoms with E-state index in [1.54, 1.807) is 0 Å². The molecule has 0 aliphatic rings. The van der Waals surface area contributed by atoms with Gasteiger partial charge in [0.15, 0.2) is 0 Å². The first kappa shape index (κ1) is 7.88. The number of aliphatic hydroxyl groups excluding tert-OH is 1. The van der Waals surface area contributed by atoms with Crippen LogP contribution in [-0.4, -0.2) is 23.5 Å². The van der Waals surface area contributed by atoms with Gasteiger partial charge in [-0.3, -0.25) is 0 Å². The van der Waals surface area contributed by atoms with E-state index in [9.17, 15) is 0 Å². The molecule has 0 rings (SSSR count). The molecular formula is C5H13NO2. The maximum atomic E-state index is 8.35. The first-order chi connectivity index (χ1) is 3.81.